The highest BCUT2D eigenvalue weighted by atomic mass is 79.9. The van der Waals surface area contributed by atoms with Gasteiger partial charge in [-0.3, -0.25) is 4.79 Å². The molecule has 0 bridgehead atoms. The van der Waals surface area contributed by atoms with Crippen LogP contribution in [0.4, 0.5) is 5.69 Å². The zero-order valence-electron chi connectivity index (χ0n) is 11.0. The first-order valence-electron chi connectivity index (χ1n) is 6.04. The number of nitrogens with zero attached hydrogens (tertiary/aromatic N) is 1. The summed E-state index contributed by atoms with van der Waals surface area (Å²) in [5.41, 5.74) is 0.786. The molecular weight excluding hydrogens is 344 g/mol. The highest BCUT2D eigenvalue weighted by Gasteiger charge is 2.09. The SMILES string of the molecule is CCN(CC)C(=S)SCC(=O)Nc1cccc(Br)c1. The largest absolute Gasteiger partial charge is 0.358 e. The lowest BCUT2D eigenvalue weighted by molar-refractivity contribution is -0.113. The molecule has 0 radical (unpaired) electrons. The smallest absolute Gasteiger partial charge is 0.234 e. The van der Waals surface area contributed by atoms with Crippen LogP contribution in [0.25, 0.3) is 0 Å². The zero-order valence-corrected chi connectivity index (χ0v) is 14.2. The lowest BCUT2D eigenvalue weighted by Crippen LogP contribution is -2.28. The molecule has 1 amide bonds. The van der Waals surface area contributed by atoms with Crippen LogP contribution >= 0.6 is 39.9 Å². The normalized spacial score (nSPS) is 10.1. The van der Waals surface area contributed by atoms with E-state index in [0.29, 0.717) is 5.75 Å². The summed E-state index contributed by atoms with van der Waals surface area (Å²) < 4.78 is 1.71. The van der Waals surface area contributed by atoms with E-state index in [4.69, 9.17) is 12.2 Å². The molecule has 1 N–H and O–H groups in total. The molecule has 0 fully saturated rings. The fourth-order valence-electron chi connectivity index (χ4n) is 1.46. The number of hydrogen-bond acceptors (Lipinski definition) is 3. The molecule has 1 rings (SSSR count). The van der Waals surface area contributed by atoms with Crippen LogP contribution in [0.5, 0.6) is 0 Å². The van der Waals surface area contributed by atoms with Crippen molar-refractivity contribution in [2.24, 2.45) is 0 Å². The number of anilines is 1. The first-order valence-corrected chi connectivity index (χ1v) is 8.22. The van der Waals surface area contributed by atoms with Crippen LogP contribution < -0.4 is 5.32 Å². The van der Waals surface area contributed by atoms with E-state index in [-0.39, 0.29) is 5.91 Å². The summed E-state index contributed by atoms with van der Waals surface area (Å²) >= 11 is 10.0. The fraction of sp³-hybridized carbons (Fsp3) is 0.385. The number of carbonyl (C=O) groups is 1. The average molecular weight is 361 g/mol. The zero-order chi connectivity index (χ0) is 14.3. The Morgan fingerprint density at radius 1 is 1.42 bits per heavy atom. The summed E-state index contributed by atoms with van der Waals surface area (Å²) in [6, 6.07) is 7.52. The summed E-state index contributed by atoms with van der Waals surface area (Å²) in [5.74, 6) is 0.291. The molecular formula is C13H17BrN2OS2. The molecule has 6 heteroatoms. The predicted molar refractivity (Wildman–Crippen MR) is 90.7 cm³/mol. The van der Waals surface area contributed by atoms with Gasteiger partial charge in [-0.2, -0.15) is 0 Å². The van der Waals surface area contributed by atoms with E-state index < -0.39 is 0 Å². The van der Waals surface area contributed by atoms with Crippen molar-refractivity contribution in [2.75, 3.05) is 24.2 Å². The molecule has 1 aromatic rings. The van der Waals surface area contributed by atoms with E-state index in [1.165, 1.54) is 11.8 Å². The van der Waals surface area contributed by atoms with Gasteiger partial charge in [0.1, 0.15) is 4.32 Å². The highest BCUT2D eigenvalue weighted by molar-refractivity contribution is 9.10. The first-order chi connectivity index (χ1) is 9.06. The molecule has 0 spiro atoms. The van der Waals surface area contributed by atoms with E-state index in [0.717, 1.165) is 27.6 Å². The second-order valence-corrected chi connectivity index (χ2v) is 6.31. The second kappa shape index (κ2) is 8.55. The molecule has 0 saturated heterocycles. The second-order valence-electron chi connectivity index (χ2n) is 3.79. The minimum absolute atomic E-state index is 0.0439. The lowest BCUT2D eigenvalue weighted by Gasteiger charge is -2.20. The van der Waals surface area contributed by atoms with Crippen molar-refractivity contribution >= 4 is 55.8 Å². The Balaban J connectivity index is 2.42. The van der Waals surface area contributed by atoms with Crippen molar-refractivity contribution in [1.82, 2.24) is 4.90 Å². The van der Waals surface area contributed by atoms with Crippen molar-refractivity contribution in [1.29, 1.82) is 0 Å². The molecule has 19 heavy (non-hydrogen) atoms. The van der Waals surface area contributed by atoms with Gasteiger partial charge in [0.25, 0.3) is 0 Å². The predicted octanol–water partition coefficient (Wildman–Crippen LogP) is 3.75. The third-order valence-corrected chi connectivity index (χ3v) is 4.47. The van der Waals surface area contributed by atoms with Crippen LogP contribution in [0.2, 0.25) is 0 Å². The van der Waals surface area contributed by atoms with Gasteiger partial charge in [-0.15, -0.1) is 0 Å². The van der Waals surface area contributed by atoms with Gasteiger partial charge in [-0.1, -0.05) is 46.0 Å². The number of thioether (sulfide) groups is 1. The van der Waals surface area contributed by atoms with Crippen molar-refractivity contribution in [3.63, 3.8) is 0 Å². The lowest BCUT2D eigenvalue weighted by atomic mass is 10.3. The van der Waals surface area contributed by atoms with Gasteiger partial charge in [0.2, 0.25) is 5.91 Å². The minimum atomic E-state index is -0.0439. The molecule has 0 aliphatic carbocycles. The number of hydrogen-bond donors (Lipinski definition) is 1. The number of amides is 1. The van der Waals surface area contributed by atoms with Crippen molar-refractivity contribution in [2.45, 2.75) is 13.8 Å². The summed E-state index contributed by atoms with van der Waals surface area (Å²) in [6.07, 6.45) is 0. The van der Waals surface area contributed by atoms with Crippen molar-refractivity contribution < 1.29 is 4.79 Å². The molecule has 104 valence electrons. The van der Waals surface area contributed by atoms with E-state index in [9.17, 15) is 4.79 Å². The van der Waals surface area contributed by atoms with Crippen molar-refractivity contribution in [3.05, 3.63) is 28.7 Å². The van der Waals surface area contributed by atoms with Crippen molar-refractivity contribution in [3.8, 4) is 0 Å². The highest BCUT2D eigenvalue weighted by Crippen LogP contribution is 2.16. The van der Waals surface area contributed by atoms with E-state index in [1.54, 1.807) is 0 Å². The van der Waals surface area contributed by atoms with Gasteiger partial charge >= 0.3 is 0 Å². The van der Waals surface area contributed by atoms with Gasteiger partial charge in [0.05, 0.1) is 5.75 Å². The van der Waals surface area contributed by atoms with Gasteiger partial charge in [0, 0.05) is 23.2 Å². The number of rotatable bonds is 5. The Bertz CT molecular complexity index is 450. The maximum Gasteiger partial charge on any atom is 0.234 e. The average Bonchev–Trinajstić information content (AvgIpc) is 2.38. The molecule has 0 aliphatic rings. The third kappa shape index (κ3) is 5.93. The molecule has 1 aromatic carbocycles. The molecule has 3 nitrogen and oxygen atoms in total. The molecule has 0 aliphatic heterocycles. The summed E-state index contributed by atoms with van der Waals surface area (Å²) in [7, 11) is 0. The van der Waals surface area contributed by atoms with E-state index in [1.807, 2.05) is 24.3 Å². The van der Waals surface area contributed by atoms with Crippen LogP contribution in [0.3, 0.4) is 0 Å². The minimum Gasteiger partial charge on any atom is -0.358 e. The van der Waals surface area contributed by atoms with Crippen LogP contribution in [0, 0.1) is 0 Å². The first kappa shape index (κ1) is 16.5. The number of halogens is 1. The standard InChI is InChI=1S/C13H17BrN2OS2/c1-3-16(4-2)13(18)19-9-12(17)15-11-7-5-6-10(14)8-11/h5-8H,3-4,9H2,1-2H3,(H,15,17). The third-order valence-electron chi connectivity index (χ3n) is 2.46. The van der Waals surface area contributed by atoms with Gasteiger partial charge in [-0.05, 0) is 32.0 Å². The number of carbonyl (C=O) groups excluding carboxylic acids is 1. The summed E-state index contributed by atoms with van der Waals surface area (Å²) in [5, 5.41) is 2.85. The molecule has 0 aromatic heterocycles. The maximum absolute atomic E-state index is 11.8. The van der Waals surface area contributed by atoms with Gasteiger partial charge in [0.15, 0.2) is 0 Å². The van der Waals surface area contributed by atoms with Gasteiger partial charge in [-0.25, -0.2) is 0 Å². The molecule has 0 unspecified atom stereocenters. The molecule has 0 atom stereocenters. The monoisotopic (exact) mass is 360 g/mol. The van der Waals surface area contributed by atoms with E-state index in [2.05, 4.69) is 40.0 Å². The van der Waals surface area contributed by atoms with Gasteiger partial charge < -0.3 is 10.2 Å². The Labute approximate surface area is 132 Å². The Morgan fingerprint density at radius 3 is 2.68 bits per heavy atom. The topological polar surface area (TPSA) is 32.3 Å². The number of nitrogens with one attached hydrogen (secondary N) is 1. The summed E-state index contributed by atoms with van der Waals surface area (Å²) in [6.45, 7) is 5.85. The Kier molecular flexibility index (Phi) is 7.41. The summed E-state index contributed by atoms with van der Waals surface area (Å²) in [4.78, 5) is 13.9. The Morgan fingerprint density at radius 2 is 2.11 bits per heavy atom. The van der Waals surface area contributed by atoms with Crippen LogP contribution in [0.15, 0.2) is 28.7 Å². The maximum atomic E-state index is 11.8. The Hall–Kier alpha value is -0.590. The van der Waals surface area contributed by atoms with Crippen LogP contribution in [-0.2, 0) is 4.79 Å². The fourth-order valence-corrected chi connectivity index (χ4v) is 3.07. The van der Waals surface area contributed by atoms with E-state index >= 15 is 0 Å². The molecule has 0 heterocycles. The van der Waals surface area contributed by atoms with Crippen LogP contribution in [0.1, 0.15) is 13.8 Å². The quantitative estimate of drug-likeness (QED) is 0.810. The number of thiocarbonyl (C=S) groups is 1. The van der Waals surface area contributed by atoms with Crippen LogP contribution in [-0.4, -0.2) is 34.0 Å². The number of benzene rings is 1. The molecule has 0 saturated carbocycles.